The van der Waals surface area contributed by atoms with Gasteiger partial charge >= 0.3 is 6.18 Å². The van der Waals surface area contributed by atoms with Crippen LogP contribution in [0.25, 0.3) is 0 Å². The Kier molecular flexibility index (Phi) is 3.52. The van der Waals surface area contributed by atoms with Crippen LogP contribution in [0, 0.1) is 11.6 Å². The van der Waals surface area contributed by atoms with Gasteiger partial charge in [-0.1, -0.05) is 6.07 Å². The molecule has 2 aromatic rings. The van der Waals surface area contributed by atoms with Gasteiger partial charge in [0.1, 0.15) is 17.3 Å². The van der Waals surface area contributed by atoms with Gasteiger partial charge < -0.3 is 11.1 Å². The number of rotatable bonds is 2. The van der Waals surface area contributed by atoms with Gasteiger partial charge in [0.05, 0.1) is 16.9 Å². The minimum Gasteiger partial charge on any atom is -0.397 e. The van der Waals surface area contributed by atoms with Gasteiger partial charge in [-0.3, -0.25) is 0 Å². The Morgan fingerprint density at radius 1 is 0.950 bits per heavy atom. The van der Waals surface area contributed by atoms with E-state index in [9.17, 15) is 22.0 Å². The first kappa shape index (κ1) is 14.1. The molecule has 0 aliphatic carbocycles. The molecule has 0 fully saturated rings. The van der Waals surface area contributed by atoms with Crippen molar-refractivity contribution < 1.29 is 22.0 Å². The number of nitrogen functional groups attached to an aromatic ring is 1. The van der Waals surface area contributed by atoms with Gasteiger partial charge in [-0.05, 0) is 30.3 Å². The van der Waals surface area contributed by atoms with E-state index in [1.807, 2.05) is 0 Å². The van der Waals surface area contributed by atoms with Crippen LogP contribution in [0.15, 0.2) is 36.4 Å². The lowest BCUT2D eigenvalue weighted by molar-refractivity contribution is -0.137. The molecule has 2 aromatic carbocycles. The van der Waals surface area contributed by atoms with Crippen molar-refractivity contribution in [3.8, 4) is 0 Å². The lowest BCUT2D eigenvalue weighted by Crippen LogP contribution is -2.07. The lowest BCUT2D eigenvalue weighted by Gasteiger charge is -2.13. The SMILES string of the molecule is Nc1cc(C(F)(F)F)ccc1Nc1c(F)cccc1F. The minimum atomic E-state index is -4.53. The Labute approximate surface area is 111 Å². The van der Waals surface area contributed by atoms with Gasteiger partial charge in [0.25, 0.3) is 0 Å². The minimum absolute atomic E-state index is 0.0120. The first-order chi connectivity index (χ1) is 9.29. The summed E-state index contributed by atoms with van der Waals surface area (Å²) in [6.45, 7) is 0. The molecule has 2 rings (SSSR count). The standard InChI is InChI=1S/C13H9F5N2/c14-8-2-1-3-9(15)12(8)20-11-5-4-7(6-10(11)19)13(16,17)18/h1-6,20H,19H2. The summed E-state index contributed by atoms with van der Waals surface area (Å²) in [5.41, 5.74) is 3.78. The average molecular weight is 288 g/mol. The number of hydrogen-bond donors (Lipinski definition) is 2. The molecule has 7 heteroatoms. The van der Waals surface area contributed by atoms with E-state index in [0.717, 1.165) is 24.3 Å². The van der Waals surface area contributed by atoms with Crippen molar-refractivity contribution in [3.05, 3.63) is 53.6 Å². The first-order valence-corrected chi connectivity index (χ1v) is 5.47. The summed E-state index contributed by atoms with van der Waals surface area (Å²) < 4.78 is 64.2. The summed E-state index contributed by atoms with van der Waals surface area (Å²) in [6, 6.07) is 5.70. The lowest BCUT2D eigenvalue weighted by atomic mass is 10.1. The third-order valence-electron chi connectivity index (χ3n) is 2.60. The van der Waals surface area contributed by atoms with Crippen molar-refractivity contribution >= 4 is 17.1 Å². The van der Waals surface area contributed by atoms with Gasteiger partial charge in [0.2, 0.25) is 0 Å². The second kappa shape index (κ2) is 4.99. The monoisotopic (exact) mass is 288 g/mol. The van der Waals surface area contributed by atoms with Crippen LogP contribution in [0.3, 0.4) is 0 Å². The predicted molar refractivity (Wildman–Crippen MR) is 65.5 cm³/mol. The van der Waals surface area contributed by atoms with Crippen LogP contribution >= 0.6 is 0 Å². The van der Waals surface area contributed by atoms with E-state index >= 15 is 0 Å². The van der Waals surface area contributed by atoms with Gasteiger partial charge in [-0.15, -0.1) is 0 Å². The molecule has 0 atom stereocenters. The molecule has 3 N–H and O–H groups in total. The summed E-state index contributed by atoms with van der Waals surface area (Å²) in [5.74, 6) is -1.74. The zero-order valence-electron chi connectivity index (χ0n) is 9.93. The average Bonchev–Trinajstić information content (AvgIpc) is 2.34. The largest absolute Gasteiger partial charge is 0.416 e. The topological polar surface area (TPSA) is 38.0 Å². The van der Waals surface area contributed by atoms with Crippen molar-refractivity contribution in [2.45, 2.75) is 6.18 Å². The van der Waals surface area contributed by atoms with Crippen LogP contribution in [-0.2, 0) is 6.18 Å². The quantitative estimate of drug-likeness (QED) is 0.638. The Morgan fingerprint density at radius 2 is 1.55 bits per heavy atom. The van der Waals surface area contributed by atoms with E-state index in [-0.39, 0.29) is 11.4 Å². The van der Waals surface area contributed by atoms with E-state index in [0.29, 0.717) is 6.07 Å². The van der Waals surface area contributed by atoms with E-state index in [1.54, 1.807) is 0 Å². The van der Waals surface area contributed by atoms with Crippen LogP contribution in [0.1, 0.15) is 5.56 Å². The third kappa shape index (κ3) is 2.81. The van der Waals surface area contributed by atoms with Crippen LogP contribution in [0.2, 0.25) is 0 Å². The third-order valence-corrected chi connectivity index (χ3v) is 2.60. The number of benzene rings is 2. The Morgan fingerprint density at radius 3 is 2.05 bits per heavy atom. The summed E-state index contributed by atoms with van der Waals surface area (Å²) >= 11 is 0. The molecule has 0 aliphatic heterocycles. The van der Waals surface area contributed by atoms with Crippen molar-refractivity contribution in [1.82, 2.24) is 0 Å². The molecule has 0 bridgehead atoms. The first-order valence-electron chi connectivity index (χ1n) is 5.47. The number of alkyl halides is 3. The van der Waals surface area contributed by atoms with Crippen molar-refractivity contribution in [2.24, 2.45) is 0 Å². The van der Waals surface area contributed by atoms with Crippen molar-refractivity contribution in [3.63, 3.8) is 0 Å². The smallest absolute Gasteiger partial charge is 0.397 e. The zero-order chi connectivity index (χ0) is 14.9. The zero-order valence-corrected chi connectivity index (χ0v) is 9.93. The van der Waals surface area contributed by atoms with Crippen LogP contribution < -0.4 is 11.1 Å². The Hall–Kier alpha value is -2.31. The summed E-state index contributed by atoms with van der Waals surface area (Å²) in [7, 11) is 0. The molecule has 0 saturated heterocycles. The van der Waals surface area contributed by atoms with Crippen molar-refractivity contribution in [1.29, 1.82) is 0 Å². The van der Waals surface area contributed by atoms with Crippen LogP contribution in [0.4, 0.5) is 39.0 Å². The van der Waals surface area contributed by atoms with Gasteiger partial charge in [-0.2, -0.15) is 13.2 Å². The van der Waals surface area contributed by atoms with E-state index in [1.165, 1.54) is 6.07 Å². The molecule has 0 unspecified atom stereocenters. The maximum absolute atomic E-state index is 13.4. The van der Waals surface area contributed by atoms with E-state index < -0.39 is 29.1 Å². The molecule has 0 saturated carbocycles. The normalized spacial score (nSPS) is 11.4. The highest BCUT2D eigenvalue weighted by Gasteiger charge is 2.30. The highest BCUT2D eigenvalue weighted by molar-refractivity contribution is 5.73. The summed E-state index contributed by atoms with van der Waals surface area (Å²) in [5, 5.41) is 2.35. The number of nitrogens with two attached hydrogens (primary N) is 1. The number of hydrogen-bond acceptors (Lipinski definition) is 2. The van der Waals surface area contributed by atoms with Gasteiger partial charge in [0, 0.05) is 0 Å². The molecule has 0 amide bonds. The highest BCUT2D eigenvalue weighted by atomic mass is 19.4. The van der Waals surface area contributed by atoms with Crippen LogP contribution in [-0.4, -0.2) is 0 Å². The predicted octanol–water partition coefficient (Wildman–Crippen LogP) is 4.31. The molecule has 106 valence electrons. The molecule has 0 aromatic heterocycles. The van der Waals surface area contributed by atoms with E-state index in [2.05, 4.69) is 5.32 Å². The maximum Gasteiger partial charge on any atom is 0.416 e. The fourth-order valence-corrected chi connectivity index (χ4v) is 1.60. The molecular weight excluding hydrogens is 279 g/mol. The molecular formula is C13H9F5N2. The maximum atomic E-state index is 13.4. The fraction of sp³-hybridized carbons (Fsp3) is 0.0769. The summed E-state index contributed by atoms with van der Waals surface area (Å²) in [6.07, 6.45) is -4.53. The number of para-hydroxylation sites is 1. The molecule has 0 spiro atoms. The molecule has 2 nitrogen and oxygen atoms in total. The second-order valence-corrected chi connectivity index (χ2v) is 4.02. The molecule has 0 heterocycles. The van der Waals surface area contributed by atoms with Gasteiger partial charge in [-0.25, -0.2) is 8.78 Å². The van der Waals surface area contributed by atoms with E-state index in [4.69, 9.17) is 5.73 Å². The Balaban J connectivity index is 2.36. The molecule has 0 radical (unpaired) electrons. The van der Waals surface area contributed by atoms with Gasteiger partial charge in [0.15, 0.2) is 0 Å². The molecule has 0 aliphatic rings. The number of nitrogens with one attached hydrogen (secondary N) is 1. The highest BCUT2D eigenvalue weighted by Crippen LogP contribution is 2.34. The second-order valence-electron chi connectivity index (χ2n) is 4.02. The number of anilines is 3. The Bertz CT molecular complexity index is 617. The fourth-order valence-electron chi connectivity index (χ4n) is 1.60. The summed E-state index contributed by atoms with van der Waals surface area (Å²) in [4.78, 5) is 0. The number of halogens is 5. The van der Waals surface area contributed by atoms with Crippen molar-refractivity contribution in [2.75, 3.05) is 11.1 Å². The molecule has 20 heavy (non-hydrogen) atoms. The van der Waals surface area contributed by atoms with Crippen LogP contribution in [0.5, 0.6) is 0 Å².